The highest BCUT2D eigenvalue weighted by atomic mass is 16.3. The van der Waals surface area contributed by atoms with Gasteiger partial charge in [0.15, 0.2) is 0 Å². The molecular formula is C36H47N7O5. The lowest BCUT2D eigenvalue weighted by Gasteiger charge is -2.36. The second-order valence-corrected chi connectivity index (χ2v) is 12.8. The number of carbonyl (C=O) groups excluding carboxylic acids is 4. The Morgan fingerprint density at radius 2 is 1.54 bits per heavy atom. The van der Waals surface area contributed by atoms with Gasteiger partial charge >= 0.3 is 0 Å². The predicted octanol–water partition coefficient (Wildman–Crippen LogP) is 3.22. The van der Waals surface area contributed by atoms with Gasteiger partial charge in [0.25, 0.3) is 5.91 Å². The van der Waals surface area contributed by atoms with Gasteiger partial charge in [-0.2, -0.15) is 5.10 Å². The quantitative estimate of drug-likeness (QED) is 0.234. The van der Waals surface area contributed by atoms with E-state index in [0.29, 0.717) is 44.0 Å². The Bertz CT molecular complexity index is 1540. The van der Waals surface area contributed by atoms with Gasteiger partial charge in [0, 0.05) is 64.5 Å². The first kappa shape index (κ1) is 34.6. The first-order valence-electron chi connectivity index (χ1n) is 17.0. The molecular weight excluding hydrogens is 610 g/mol. The number of aromatic hydroxyl groups is 1. The number of amides is 4. The maximum absolute atomic E-state index is 13.7. The van der Waals surface area contributed by atoms with E-state index in [9.17, 15) is 24.3 Å². The Hall–Kier alpha value is -4.71. The largest absolute Gasteiger partial charge is 0.508 e. The SMILES string of the molecule is CCC(=O)N[C@H](Cc1ccc(NC(=O)[C@@H](NC(=O)c2ccnn2C)C2CCCCC2)cc1)C(=O)N1CCN(Cc2ccc(O)cc2)CC1. The van der Waals surface area contributed by atoms with E-state index in [1.165, 1.54) is 4.68 Å². The molecule has 5 rings (SSSR count). The summed E-state index contributed by atoms with van der Waals surface area (Å²) in [6.45, 7) is 5.02. The average molecular weight is 658 g/mol. The lowest BCUT2D eigenvalue weighted by Crippen LogP contribution is -2.55. The zero-order chi connectivity index (χ0) is 34.0. The van der Waals surface area contributed by atoms with Crippen LogP contribution in [0.3, 0.4) is 0 Å². The van der Waals surface area contributed by atoms with Gasteiger partial charge in [-0.05, 0) is 60.2 Å². The molecule has 3 aromatic rings. The highest BCUT2D eigenvalue weighted by Gasteiger charge is 2.32. The molecule has 256 valence electrons. The van der Waals surface area contributed by atoms with Crippen LogP contribution < -0.4 is 16.0 Å². The maximum Gasteiger partial charge on any atom is 0.270 e. The molecule has 2 aromatic carbocycles. The van der Waals surface area contributed by atoms with Crippen molar-refractivity contribution in [3.05, 3.63) is 77.6 Å². The molecule has 2 atom stereocenters. The van der Waals surface area contributed by atoms with Crippen molar-refractivity contribution in [3.63, 3.8) is 0 Å². The van der Waals surface area contributed by atoms with Crippen molar-refractivity contribution in [3.8, 4) is 5.75 Å². The summed E-state index contributed by atoms with van der Waals surface area (Å²) in [7, 11) is 1.69. The van der Waals surface area contributed by atoms with Crippen molar-refractivity contribution < 1.29 is 24.3 Å². The number of aryl methyl sites for hydroxylation is 1. The van der Waals surface area contributed by atoms with Crippen LogP contribution in [0.2, 0.25) is 0 Å². The number of nitrogens with one attached hydrogen (secondary N) is 3. The Morgan fingerprint density at radius 3 is 2.17 bits per heavy atom. The topological polar surface area (TPSA) is 149 Å². The third kappa shape index (κ3) is 9.21. The number of hydrogen-bond donors (Lipinski definition) is 4. The molecule has 0 unspecified atom stereocenters. The van der Waals surface area contributed by atoms with Gasteiger partial charge in [-0.25, -0.2) is 0 Å². The predicted molar refractivity (Wildman–Crippen MR) is 182 cm³/mol. The van der Waals surface area contributed by atoms with Crippen molar-refractivity contribution in [2.45, 2.75) is 70.5 Å². The molecule has 12 heteroatoms. The minimum atomic E-state index is -0.709. The molecule has 12 nitrogen and oxygen atoms in total. The smallest absolute Gasteiger partial charge is 0.270 e. The molecule has 4 N–H and O–H groups in total. The van der Waals surface area contributed by atoms with E-state index in [-0.39, 0.29) is 41.7 Å². The Balaban J connectivity index is 1.20. The van der Waals surface area contributed by atoms with Crippen molar-refractivity contribution in [1.29, 1.82) is 0 Å². The van der Waals surface area contributed by atoms with E-state index in [2.05, 4.69) is 25.9 Å². The van der Waals surface area contributed by atoms with E-state index < -0.39 is 12.1 Å². The molecule has 2 heterocycles. The van der Waals surface area contributed by atoms with E-state index in [1.807, 2.05) is 29.2 Å². The summed E-state index contributed by atoms with van der Waals surface area (Å²) < 4.78 is 1.49. The monoisotopic (exact) mass is 657 g/mol. The van der Waals surface area contributed by atoms with Crippen LogP contribution in [0.4, 0.5) is 5.69 Å². The van der Waals surface area contributed by atoms with Crippen molar-refractivity contribution in [1.82, 2.24) is 30.2 Å². The molecule has 1 saturated carbocycles. The molecule has 1 aromatic heterocycles. The summed E-state index contributed by atoms with van der Waals surface area (Å²) in [4.78, 5) is 56.8. The first-order valence-corrected chi connectivity index (χ1v) is 17.0. The fraction of sp³-hybridized carbons (Fsp3) is 0.472. The molecule has 0 spiro atoms. The Kier molecular flexibility index (Phi) is 11.8. The van der Waals surface area contributed by atoms with E-state index in [0.717, 1.165) is 49.8 Å². The number of aromatic nitrogens is 2. The van der Waals surface area contributed by atoms with Gasteiger partial charge in [0.05, 0.1) is 0 Å². The van der Waals surface area contributed by atoms with E-state index >= 15 is 0 Å². The van der Waals surface area contributed by atoms with Crippen LogP contribution in [0.15, 0.2) is 60.8 Å². The summed E-state index contributed by atoms with van der Waals surface area (Å²) in [5.74, 6) is -0.626. The van der Waals surface area contributed by atoms with Crippen LogP contribution >= 0.6 is 0 Å². The summed E-state index contributed by atoms with van der Waals surface area (Å²) >= 11 is 0. The first-order chi connectivity index (χ1) is 23.2. The van der Waals surface area contributed by atoms with Crippen molar-refractivity contribution in [2.24, 2.45) is 13.0 Å². The molecule has 48 heavy (non-hydrogen) atoms. The normalized spacial score (nSPS) is 16.9. The van der Waals surface area contributed by atoms with Gasteiger partial charge in [-0.15, -0.1) is 0 Å². The van der Waals surface area contributed by atoms with E-state index in [1.54, 1.807) is 50.5 Å². The number of phenols is 1. The molecule has 1 aliphatic heterocycles. The Labute approximate surface area is 281 Å². The summed E-state index contributed by atoms with van der Waals surface area (Å²) in [6, 6.07) is 14.7. The van der Waals surface area contributed by atoms with Crippen LogP contribution in [0.25, 0.3) is 0 Å². The highest BCUT2D eigenvalue weighted by Crippen LogP contribution is 2.28. The molecule has 1 aliphatic carbocycles. The van der Waals surface area contributed by atoms with Gasteiger partial charge in [0.1, 0.15) is 23.5 Å². The standard InChI is InChI=1S/C36H47N7O5/c1-3-32(45)39-30(36(48)43-21-19-42(20-22-43)24-26-11-15-29(44)16-12-26)23-25-9-13-28(14-10-25)38-35(47)33(27-7-5-4-6-8-27)40-34(46)31-17-18-37-41(31)2/h9-18,27,30,33,44H,3-8,19-24H2,1-2H3,(H,38,47)(H,39,45)(H,40,46)/t30-,33+/m1/s1. The second kappa shape index (κ2) is 16.4. The molecule has 0 bridgehead atoms. The number of phenolic OH excluding ortho intramolecular Hbond substituents is 1. The number of piperazine rings is 1. The Morgan fingerprint density at radius 1 is 0.875 bits per heavy atom. The number of hydrogen-bond acceptors (Lipinski definition) is 7. The van der Waals surface area contributed by atoms with Crippen LogP contribution in [0, 0.1) is 5.92 Å². The third-order valence-electron chi connectivity index (χ3n) is 9.39. The number of carbonyl (C=O) groups is 4. The fourth-order valence-electron chi connectivity index (χ4n) is 6.56. The number of rotatable bonds is 12. The van der Waals surface area contributed by atoms with Crippen LogP contribution in [-0.2, 0) is 34.4 Å². The summed E-state index contributed by atoms with van der Waals surface area (Å²) in [5.41, 5.74) is 2.93. The van der Waals surface area contributed by atoms with Crippen molar-refractivity contribution in [2.75, 3.05) is 31.5 Å². The zero-order valence-electron chi connectivity index (χ0n) is 27.9. The lowest BCUT2D eigenvalue weighted by atomic mass is 9.83. The van der Waals surface area contributed by atoms with Crippen LogP contribution in [-0.4, -0.2) is 86.6 Å². The summed E-state index contributed by atoms with van der Waals surface area (Å²) in [6.07, 6.45) is 7.06. The zero-order valence-corrected chi connectivity index (χ0v) is 27.9. The lowest BCUT2D eigenvalue weighted by molar-refractivity contribution is -0.138. The van der Waals surface area contributed by atoms with Crippen LogP contribution in [0.1, 0.15) is 67.1 Å². The van der Waals surface area contributed by atoms with Crippen molar-refractivity contribution >= 4 is 29.3 Å². The fourth-order valence-corrected chi connectivity index (χ4v) is 6.56. The number of anilines is 1. The van der Waals surface area contributed by atoms with Gasteiger partial charge in [0.2, 0.25) is 17.7 Å². The molecule has 2 fully saturated rings. The molecule has 2 aliphatic rings. The maximum atomic E-state index is 13.7. The van der Waals surface area contributed by atoms with Gasteiger partial charge in [-0.1, -0.05) is 50.5 Å². The second-order valence-electron chi connectivity index (χ2n) is 12.8. The number of benzene rings is 2. The number of nitrogens with zero attached hydrogens (tertiary/aromatic N) is 4. The molecule has 0 radical (unpaired) electrons. The summed E-state index contributed by atoms with van der Waals surface area (Å²) in [5, 5.41) is 22.5. The minimum Gasteiger partial charge on any atom is -0.508 e. The minimum absolute atomic E-state index is 0.0406. The van der Waals surface area contributed by atoms with Gasteiger partial charge < -0.3 is 26.0 Å². The molecule has 1 saturated heterocycles. The van der Waals surface area contributed by atoms with E-state index in [4.69, 9.17) is 0 Å². The average Bonchev–Trinajstić information content (AvgIpc) is 3.54. The van der Waals surface area contributed by atoms with Gasteiger partial charge in [-0.3, -0.25) is 28.8 Å². The molecule has 4 amide bonds. The van der Waals surface area contributed by atoms with Crippen LogP contribution in [0.5, 0.6) is 5.75 Å². The third-order valence-corrected chi connectivity index (χ3v) is 9.39. The highest BCUT2D eigenvalue weighted by molar-refractivity contribution is 6.00.